The van der Waals surface area contributed by atoms with Crippen LogP contribution in [0.4, 0.5) is 10.5 Å². The van der Waals surface area contributed by atoms with E-state index >= 15 is 0 Å². The standard InChI is InChI=1S/C22H25BrN2O2/c1-22(2)16-10-9-15(18(22)12-16)13-25(14-17-6-5-11-27-17)21(26)24-20-8-4-3-7-19(20)23/h3-9,11,16,18H,10,12-14H2,1-2H3,(H,24,26). The molecule has 2 unspecified atom stereocenters. The number of urea groups is 1. The maximum Gasteiger partial charge on any atom is 0.322 e. The molecule has 0 spiro atoms. The van der Waals surface area contributed by atoms with Gasteiger partial charge in [-0.3, -0.25) is 0 Å². The molecule has 1 saturated carbocycles. The summed E-state index contributed by atoms with van der Waals surface area (Å²) in [6.45, 7) is 5.81. The molecule has 1 aromatic heterocycles. The van der Waals surface area contributed by atoms with Crippen LogP contribution in [0, 0.1) is 17.3 Å². The molecule has 1 fully saturated rings. The van der Waals surface area contributed by atoms with E-state index in [4.69, 9.17) is 4.42 Å². The van der Waals surface area contributed by atoms with Crippen molar-refractivity contribution < 1.29 is 9.21 Å². The number of hydrogen-bond donors (Lipinski definition) is 1. The van der Waals surface area contributed by atoms with Crippen LogP contribution in [0.1, 0.15) is 32.4 Å². The molecule has 3 aliphatic carbocycles. The van der Waals surface area contributed by atoms with Gasteiger partial charge in [-0.25, -0.2) is 4.79 Å². The molecule has 1 heterocycles. The van der Waals surface area contributed by atoms with Crippen LogP contribution in [0.3, 0.4) is 0 Å². The third-order valence-electron chi connectivity index (χ3n) is 6.29. The number of amides is 2. The fraction of sp³-hybridized carbons (Fsp3) is 0.409. The summed E-state index contributed by atoms with van der Waals surface area (Å²) in [6, 6.07) is 11.3. The van der Waals surface area contributed by atoms with Crippen LogP contribution in [0.15, 0.2) is 63.2 Å². The normalized spacial score (nSPS) is 22.6. The zero-order valence-corrected chi connectivity index (χ0v) is 17.3. The average Bonchev–Trinajstić information content (AvgIpc) is 3.16. The van der Waals surface area contributed by atoms with E-state index in [1.165, 1.54) is 12.0 Å². The molecule has 5 heteroatoms. The molecule has 0 radical (unpaired) electrons. The number of halogens is 1. The SMILES string of the molecule is CC1(C)C2CC=C(CN(Cc3ccco3)C(=O)Nc3ccccc3Br)C1C2. The molecular formula is C22H25BrN2O2. The second kappa shape index (κ2) is 7.19. The van der Waals surface area contributed by atoms with E-state index in [0.717, 1.165) is 28.3 Å². The van der Waals surface area contributed by atoms with E-state index < -0.39 is 0 Å². The number of nitrogens with zero attached hydrogens (tertiary/aromatic N) is 1. The summed E-state index contributed by atoms with van der Waals surface area (Å²) in [6.07, 6.45) is 6.38. The molecule has 0 aliphatic heterocycles. The highest BCUT2D eigenvalue weighted by Crippen LogP contribution is 2.59. The van der Waals surface area contributed by atoms with Crippen molar-refractivity contribution in [1.29, 1.82) is 0 Å². The van der Waals surface area contributed by atoms with Gasteiger partial charge in [0.25, 0.3) is 0 Å². The zero-order valence-electron chi connectivity index (χ0n) is 15.7. The van der Waals surface area contributed by atoms with Crippen molar-refractivity contribution in [2.45, 2.75) is 33.2 Å². The van der Waals surface area contributed by atoms with Crippen LogP contribution >= 0.6 is 15.9 Å². The minimum atomic E-state index is -0.113. The first kappa shape index (κ1) is 18.4. The Kier molecular flexibility index (Phi) is 4.89. The van der Waals surface area contributed by atoms with Gasteiger partial charge in [-0.05, 0) is 70.3 Å². The highest BCUT2D eigenvalue weighted by molar-refractivity contribution is 9.10. The number of anilines is 1. The number of furan rings is 1. The number of allylic oxidation sites excluding steroid dienone is 1. The third kappa shape index (κ3) is 3.57. The quantitative estimate of drug-likeness (QED) is 0.587. The number of rotatable bonds is 5. The van der Waals surface area contributed by atoms with Crippen molar-refractivity contribution in [3.05, 3.63) is 64.5 Å². The summed E-state index contributed by atoms with van der Waals surface area (Å²) in [5.41, 5.74) is 2.50. The molecule has 1 aromatic carbocycles. The topological polar surface area (TPSA) is 45.5 Å². The summed E-state index contributed by atoms with van der Waals surface area (Å²) in [5.74, 6) is 2.16. The Balaban J connectivity index is 1.53. The van der Waals surface area contributed by atoms with Crippen LogP contribution in [-0.4, -0.2) is 17.5 Å². The van der Waals surface area contributed by atoms with E-state index in [1.807, 2.05) is 41.3 Å². The molecule has 5 rings (SSSR count). The number of hydrogen-bond acceptors (Lipinski definition) is 2. The lowest BCUT2D eigenvalue weighted by Gasteiger charge is -2.57. The first-order chi connectivity index (χ1) is 12.9. The summed E-state index contributed by atoms with van der Waals surface area (Å²) in [7, 11) is 0. The number of carbonyl (C=O) groups excluding carboxylic acids is 1. The fourth-order valence-corrected chi connectivity index (χ4v) is 4.81. The molecule has 2 aromatic rings. The van der Waals surface area contributed by atoms with Crippen LogP contribution in [0.25, 0.3) is 0 Å². The van der Waals surface area contributed by atoms with E-state index in [2.05, 4.69) is 41.2 Å². The lowest BCUT2D eigenvalue weighted by atomic mass is 9.49. The van der Waals surface area contributed by atoms with Crippen molar-refractivity contribution in [3.63, 3.8) is 0 Å². The van der Waals surface area contributed by atoms with Gasteiger partial charge in [0.05, 0.1) is 18.5 Å². The van der Waals surface area contributed by atoms with Gasteiger partial charge in [0.15, 0.2) is 0 Å². The van der Waals surface area contributed by atoms with Gasteiger partial charge in [0.1, 0.15) is 5.76 Å². The van der Waals surface area contributed by atoms with E-state index in [0.29, 0.717) is 24.4 Å². The molecule has 1 N–H and O–H groups in total. The number of nitrogens with one attached hydrogen (secondary N) is 1. The zero-order chi connectivity index (χ0) is 19.0. The first-order valence-corrected chi connectivity index (χ1v) is 10.3. The Bertz CT molecular complexity index is 857. The van der Waals surface area contributed by atoms with Crippen molar-refractivity contribution in [2.24, 2.45) is 17.3 Å². The summed E-state index contributed by atoms with van der Waals surface area (Å²) < 4.78 is 6.38. The third-order valence-corrected chi connectivity index (χ3v) is 6.98. The highest BCUT2D eigenvalue weighted by atomic mass is 79.9. The Hall–Kier alpha value is -2.01. The van der Waals surface area contributed by atoms with Crippen molar-refractivity contribution >= 4 is 27.6 Å². The molecule has 27 heavy (non-hydrogen) atoms. The predicted octanol–water partition coefficient (Wildman–Crippen LogP) is 6.07. The maximum absolute atomic E-state index is 13.1. The Morgan fingerprint density at radius 1 is 1.26 bits per heavy atom. The van der Waals surface area contributed by atoms with Crippen molar-refractivity contribution in [1.82, 2.24) is 4.90 Å². The number of benzene rings is 1. The predicted molar refractivity (Wildman–Crippen MR) is 110 cm³/mol. The first-order valence-electron chi connectivity index (χ1n) is 9.47. The van der Waals surface area contributed by atoms with Crippen molar-refractivity contribution in [3.8, 4) is 0 Å². The van der Waals surface area contributed by atoms with Gasteiger partial charge in [0, 0.05) is 11.0 Å². The molecule has 2 amide bonds. The smallest absolute Gasteiger partial charge is 0.322 e. The van der Waals surface area contributed by atoms with E-state index in [-0.39, 0.29) is 6.03 Å². The second-order valence-corrected chi connectivity index (χ2v) is 9.02. The Morgan fingerprint density at radius 3 is 2.74 bits per heavy atom. The van der Waals surface area contributed by atoms with Crippen LogP contribution in [-0.2, 0) is 6.54 Å². The van der Waals surface area contributed by atoms with Gasteiger partial charge < -0.3 is 14.6 Å². The molecule has 2 bridgehead atoms. The molecular weight excluding hydrogens is 404 g/mol. The van der Waals surface area contributed by atoms with Crippen LogP contribution < -0.4 is 5.32 Å². The molecule has 3 aliphatic rings. The van der Waals surface area contributed by atoms with Gasteiger partial charge in [-0.15, -0.1) is 0 Å². The van der Waals surface area contributed by atoms with Gasteiger partial charge >= 0.3 is 6.03 Å². The summed E-state index contributed by atoms with van der Waals surface area (Å²) in [5, 5.41) is 3.03. The summed E-state index contributed by atoms with van der Waals surface area (Å²) >= 11 is 3.50. The monoisotopic (exact) mass is 428 g/mol. The Labute approximate surface area is 168 Å². The number of para-hydroxylation sites is 1. The summed E-state index contributed by atoms with van der Waals surface area (Å²) in [4.78, 5) is 14.9. The largest absolute Gasteiger partial charge is 0.467 e. The van der Waals surface area contributed by atoms with Crippen LogP contribution in [0.2, 0.25) is 0 Å². The van der Waals surface area contributed by atoms with E-state index in [9.17, 15) is 4.79 Å². The Morgan fingerprint density at radius 2 is 2.07 bits per heavy atom. The maximum atomic E-state index is 13.1. The second-order valence-electron chi connectivity index (χ2n) is 8.17. The highest BCUT2D eigenvalue weighted by Gasteiger charge is 2.51. The molecule has 142 valence electrons. The minimum absolute atomic E-state index is 0.113. The lowest BCUT2D eigenvalue weighted by molar-refractivity contribution is -0.00975. The van der Waals surface area contributed by atoms with Crippen LogP contribution in [0.5, 0.6) is 0 Å². The minimum Gasteiger partial charge on any atom is -0.467 e. The van der Waals surface area contributed by atoms with Gasteiger partial charge in [-0.2, -0.15) is 0 Å². The lowest BCUT2D eigenvalue weighted by Crippen LogP contribution is -2.50. The number of fused-ring (bicyclic) bond motifs is 1. The van der Waals surface area contributed by atoms with Gasteiger partial charge in [0.2, 0.25) is 0 Å². The molecule has 2 atom stereocenters. The van der Waals surface area contributed by atoms with E-state index in [1.54, 1.807) is 6.26 Å². The molecule has 4 nitrogen and oxygen atoms in total. The average molecular weight is 429 g/mol. The van der Waals surface area contributed by atoms with Crippen molar-refractivity contribution in [2.75, 3.05) is 11.9 Å². The van der Waals surface area contributed by atoms with Gasteiger partial charge in [-0.1, -0.05) is 37.6 Å². The number of carbonyl (C=O) groups is 1. The molecule has 0 saturated heterocycles. The fourth-order valence-electron chi connectivity index (χ4n) is 4.42.